The van der Waals surface area contributed by atoms with Crippen LogP contribution in [0.3, 0.4) is 0 Å². The summed E-state index contributed by atoms with van der Waals surface area (Å²) in [7, 11) is 0. The van der Waals surface area contributed by atoms with Gasteiger partial charge in [0.1, 0.15) is 5.75 Å². The minimum absolute atomic E-state index is 0.479. The van der Waals surface area contributed by atoms with Crippen LogP contribution in [0.5, 0.6) is 11.6 Å². The van der Waals surface area contributed by atoms with Gasteiger partial charge in [-0.15, -0.1) is 0 Å². The van der Waals surface area contributed by atoms with E-state index in [1.54, 1.807) is 25.3 Å². The SMILES string of the molecule is C[C@@H](O)c1ccc(Oc2ccc(Cl)c3ccccc23)nc1. The van der Waals surface area contributed by atoms with Crippen LogP contribution >= 0.6 is 11.6 Å². The Morgan fingerprint density at radius 1 is 1.05 bits per heavy atom. The van der Waals surface area contributed by atoms with Crippen LogP contribution in [-0.2, 0) is 0 Å². The first-order chi connectivity index (χ1) is 10.1. The second kappa shape index (κ2) is 5.72. The quantitative estimate of drug-likeness (QED) is 0.760. The molecule has 0 aliphatic carbocycles. The Bertz CT molecular complexity index is 769. The highest BCUT2D eigenvalue weighted by Crippen LogP contribution is 2.33. The molecule has 4 heteroatoms. The molecule has 1 heterocycles. The Hall–Kier alpha value is -2.10. The molecule has 0 aliphatic heterocycles. The van der Waals surface area contributed by atoms with E-state index in [2.05, 4.69) is 4.98 Å². The van der Waals surface area contributed by atoms with Crippen LogP contribution in [0.1, 0.15) is 18.6 Å². The van der Waals surface area contributed by atoms with Crippen molar-refractivity contribution in [1.82, 2.24) is 4.98 Å². The van der Waals surface area contributed by atoms with Crippen LogP contribution in [0.15, 0.2) is 54.7 Å². The van der Waals surface area contributed by atoms with Crippen molar-refractivity contribution in [3.8, 4) is 11.6 Å². The highest BCUT2D eigenvalue weighted by molar-refractivity contribution is 6.35. The average molecular weight is 300 g/mol. The van der Waals surface area contributed by atoms with Gasteiger partial charge in [0.25, 0.3) is 0 Å². The average Bonchev–Trinajstić information content (AvgIpc) is 2.51. The lowest BCUT2D eigenvalue weighted by atomic mass is 10.1. The normalized spacial score (nSPS) is 12.3. The van der Waals surface area contributed by atoms with E-state index >= 15 is 0 Å². The maximum atomic E-state index is 9.48. The van der Waals surface area contributed by atoms with Gasteiger partial charge in [-0.2, -0.15) is 0 Å². The Morgan fingerprint density at radius 3 is 2.48 bits per heavy atom. The summed E-state index contributed by atoms with van der Waals surface area (Å²) in [6.45, 7) is 1.70. The Kier molecular flexibility index (Phi) is 3.78. The van der Waals surface area contributed by atoms with Gasteiger partial charge in [0.05, 0.1) is 6.10 Å². The summed E-state index contributed by atoms with van der Waals surface area (Å²) in [5.74, 6) is 1.18. The number of fused-ring (bicyclic) bond motifs is 1. The van der Waals surface area contributed by atoms with E-state index in [1.165, 1.54) is 0 Å². The van der Waals surface area contributed by atoms with Crippen LogP contribution in [0.4, 0.5) is 0 Å². The fourth-order valence-corrected chi connectivity index (χ4v) is 2.36. The van der Waals surface area contributed by atoms with E-state index < -0.39 is 6.10 Å². The number of aliphatic hydroxyl groups excluding tert-OH is 1. The van der Waals surface area contributed by atoms with Crippen molar-refractivity contribution in [2.45, 2.75) is 13.0 Å². The van der Waals surface area contributed by atoms with Crippen LogP contribution in [0, 0.1) is 0 Å². The summed E-state index contributed by atoms with van der Waals surface area (Å²) in [6, 6.07) is 15.0. The van der Waals surface area contributed by atoms with Gasteiger partial charge in [0.2, 0.25) is 5.88 Å². The molecule has 106 valence electrons. The summed E-state index contributed by atoms with van der Waals surface area (Å²) in [5.41, 5.74) is 0.753. The van der Waals surface area contributed by atoms with Crippen molar-refractivity contribution in [2.75, 3.05) is 0 Å². The summed E-state index contributed by atoms with van der Waals surface area (Å²) in [4.78, 5) is 4.21. The first-order valence-corrected chi connectivity index (χ1v) is 7.02. The van der Waals surface area contributed by atoms with E-state index in [-0.39, 0.29) is 0 Å². The molecule has 0 fully saturated rings. The van der Waals surface area contributed by atoms with Crippen molar-refractivity contribution < 1.29 is 9.84 Å². The molecule has 3 rings (SSSR count). The van der Waals surface area contributed by atoms with Gasteiger partial charge in [0, 0.05) is 28.1 Å². The Balaban J connectivity index is 1.96. The van der Waals surface area contributed by atoms with Gasteiger partial charge in [-0.05, 0) is 30.7 Å². The van der Waals surface area contributed by atoms with Crippen molar-refractivity contribution in [1.29, 1.82) is 0 Å². The van der Waals surface area contributed by atoms with Crippen molar-refractivity contribution in [2.24, 2.45) is 0 Å². The standard InChI is InChI=1S/C17H14ClNO2/c1-11(20)12-6-9-17(19-10-12)21-16-8-7-15(18)13-4-2-3-5-14(13)16/h2-11,20H,1H3/t11-/m1/s1. The lowest BCUT2D eigenvalue weighted by Gasteiger charge is -2.10. The van der Waals surface area contributed by atoms with Gasteiger partial charge < -0.3 is 9.84 Å². The van der Waals surface area contributed by atoms with Crippen LogP contribution < -0.4 is 4.74 Å². The number of benzene rings is 2. The van der Waals surface area contributed by atoms with Crippen LogP contribution in [-0.4, -0.2) is 10.1 Å². The van der Waals surface area contributed by atoms with E-state index in [1.807, 2.05) is 36.4 Å². The number of rotatable bonds is 3. The predicted molar refractivity (Wildman–Crippen MR) is 83.9 cm³/mol. The maximum Gasteiger partial charge on any atom is 0.219 e. The highest BCUT2D eigenvalue weighted by atomic mass is 35.5. The second-order valence-corrected chi connectivity index (χ2v) is 5.21. The number of halogens is 1. The third kappa shape index (κ3) is 2.84. The van der Waals surface area contributed by atoms with Gasteiger partial charge in [-0.3, -0.25) is 0 Å². The summed E-state index contributed by atoms with van der Waals surface area (Å²) in [5, 5.41) is 12.0. The van der Waals surface area contributed by atoms with Crippen LogP contribution in [0.2, 0.25) is 5.02 Å². The number of aliphatic hydroxyl groups is 1. The Morgan fingerprint density at radius 2 is 1.81 bits per heavy atom. The molecule has 0 spiro atoms. The fraction of sp³-hybridized carbons (Fsp3) is 0.118. The summed E-state index contributed by atoms with van der Waals surface area (Å²) >= 11 is 6.19. The number of hydrogen-bond donors (Lipinski definition) is 1. The molecule has 1 N–H and O–H groups in total. The summed E-state index contributed by atoms with van der Waals surface area (Å²) < 4.78 is 5.83. The number of ether oxygens (including phenoxy) is 1. The molecule has 3 nitrogen and oxygen atoms in total. The number of pyridine rings is 1. The minimum Gasteiger partial charge on any atom is -0.438 e. The minimum atomic E-state index is -0.539. The monoisotopic (exact) mass is 299 g/mol. The zero-order valence-electron chi connectivity index (χ0n) is 11.5. The fourth-order valence-electron chi connectivity index (χ4n) is 2.14. The molecule has 1 atom stereocenters. The zero-order valence-corrected chi connectivity index (χ0v) is 12.2. The van der Waals surface area contributed by atoms with Crippen LogP contribution in [0.25, 0.3) is 10.8 Å². The zero-order chi connectivity index (χ0) is 14.8. The van der Waals surface area contributed by atoms with E-state index in [9.17, 15) is 5.11 Å². The molecule has 1 aromatic heterocycles. The molecule has 0 bridgehead atoms. The van der Waals surface area contributed by atoms with E-state index in [0.29, 0.717) is 16.7 Å². The van der Waals surface area contributed by atoms with Gasteiger partial charge >= 0.3 is 0 Å². The molecule has 0 unspecified atom stereocenters. The van der Waals surface area contributed by atoms with Gasteiger partial charge in [0.15, 0.2) is 0 Å². The van der Waals surface area contributed by atoms with Gasteiger partial charge in [-0.1, -0.05) is 35.9 Å². The maximum absolute atomic E-state index is 9.48. The predicted octanol–water partition coefficient (Wildman–Crippen LogP) is 4.73. The topological polar surface area (TPSA) is 42.4 Å². The van der Waals surface area contributed by atoms with E-state index in [0.717, 1.165) is 16.3 Å². The molecule has 0 aliphatic rings. The molecule has 21 heavy (non-hydrogen) atoms. The van der Waals surface area contributed by atoms with Crippen molar-refractivity contribution in [3.05, 3.63) is 65.3 Å². The lowest BCUT2D eigenvalue weighted by molar-refractivity contribution is 0.198. The molecule has 0 saturated carbocycles. The third-order valence-electron chi connectivity index (χ3n) is 3.29. The number of hydrogen-bond acceptors (Lipinski definition) is 3. The van der Waals surface area contributed by atoms with Crippen molar-refractivity contribution in [3.63, 3.8) is 0 Å². The number of aromatic nitrogens is 1. The molecule has 2 aromatic carbocycles. The smallest absolute Gasteiger partial charge is 0.219 e. The molecule has 3 aromatic rings. The molecule has 0 saturated heterocycles. The first-order valence-electron chi connectivity index (χ1n) is 6.64. The largest absolute Gasteiger partial charge is 0.438 e. The molecular weight excluding hydrogens is 286 g/mol. The molecule has 0 amide bonds. The van der Waals surface area contributed by atoms with Gasteiger partial charge in [-0.25, -0.2) is 4.98 Å². The highest BCUT2D eigenvalue weighted by Gasteiger charge is 2.08. The lowest BCUT2D eigenvalue weighted by Crippen LogP contribution is -1.94. The van der Waals surface area contributed by atoms with E-state index in [4.69, 9.17) is 16.3 Å². The second-order valence-electron chi connectivity index (χ2n) is 4.80. The first kappa shape index (κ1) is 13.9. The summed E-state index contributed by atoms with van der Waals surface area (Å²) in [6.07, 6.45) is 1.07. The number of nitrogens with zero attached hydrogens (tertiary/aromatic N) is 1. The Labute approximate surface area is 127 Å². The molecular formula is C17H14ClNO2. The third-order valence-corrected chi connectivity index (χ3v) is 3.62. The van der Waals surface area contributed by atoms with Crippen molar-refractivity contribution >= 4 is 22.4 Å². The molecule has 0 radical (unpaired) electrons.